The predicted molar refractivity (Wildman–Crippen MR) is 115 cm³/mol. The number of Topliss-reactive ketones (excluding diaryl/α,β-unsaturated/α-hetero) is 1. The third kappa shape index (κ3) is 4.68. The smallest absolute Gasteiger partial charge is 0.239 e. The summed E-state index contributed by atoms with van der Waals surface area (Å²) in [5, 5.41) is 13.4. The van der Waals surface area contributed by atoms with Crippen LogP contribution in [-0.2, 0) is 16.0 Å². The fraction of sp³-hybridized carbons (Fsp3) is 0.435. The summed E-state index contributed by atoms with van der Waals surface area (Å²) in [6.45, 7) is 2.66. The van der Waals surface area contributed by atoms with Crippen LogP contribution in [0.3, 0.4) is 0 Å². The Hall–Kier alpha value is -2.77. The normalized spacial score (nSPS) is 22.3. The number of aliphatic hydroxyl groups excluding tert-OH is 1. The van der Waals surface area contributed by atoms with E-state index >= 15 is 0 Å². The van der Waals surface area contributed by atoms with Crippen molar-refractivity contribution >= 4 is 23.1 Å². The number of amides is 1. The van der Waals surface area contributed by atoms with Crippen molar-refractivity contribution < 1.29 is 14.7 Å². The van der Waals surface area contributed by atoms with Gasteiger partial charge < -0.3 is 15.3 Å². The average Bonchev–Trinajstić information content (AvgIpc) is 3.07. The summed E-state index contributed by atoms with van der Waals surface area (Å²) in [6, 6.07) is 13.3. The molecule has 30 heavy (non-hydrogen) atoms. The number of aromatic nitrogens is 1. The number of ketones is 1. The van der Waals surface area contributed by atoms with Crippen molar-refractivity contribution in [3.8, 4) is 0 Å². The van der Waals surface area contributed by atoms with Crippen LogP contribution in [0.15, 0.2) is 48.7 Å². The van der Waals surface area contributed by atoms with Crippen LogP contribution in [0.1, 0.15) is 25.0 Å². The highest BCUT2D eigenvalue weighted by Gasteiger charge is 2.44. The van der Waals surface area contributed by atoms with Gasteiger partial charge in [-0.3, -0.25) is 19.5 Å². The molecule has 2 fully saturated rings. The van der Waals surface area contributed by atoms with Crippen molar-refractivity contribution in [1.29, 1.82) is 0 Å². The molecule has 7 nitrogen and oxygen atoms in total. The quantitative estimate of drug-likeness (QED) is 0.712. The van der Waals surface area contributed by atoms with Gasteiger partial charge in [-0.25, -0.2) is 0 Å². The third-order valence-corrected chi connectivity index (χ3v) is 5.90. The number of hydrogen-bond donors (Lipinski definition) is 2. The number of nitrogens with one attached hydrogen (secondary N) is 1. The summed E-state index contributed by atoms with van der Waals surface area (Å²) in [5.74, 6) is -1.79. The lowest BCUT2D eigenvalue weighted by Crippen LogP contribution is -2.39. The van der Waals surface area contributed by atoms with Gasteiger partial charge in [0.15, 0.2) is 5.78 Å². The Balaban J connectivity index is 1.34. The minimum Gasteiger partial charge on any atom is -0.377 e. The first kappa shape index (κ1) is 20.5. The maximum atomic E-state index is 12.7. The Morgan fingerprint density at radius 3 is 2.57 bits per heavy atom. The van der Waals surface area contributed by atoms with Crippen molar-refractivity contribution in [2.24, 2.45) is 5.92 Å². The maximum absolute atomic E-state index is 12.7. The van der Waals surface area contributed by atoms with Crippen LogP contribution in [0, 0.1) is 5.92 Å². The number of aliphatic hydroxyl groups is 1. The van der Waals surface area contributed by atoms with E-state index in [9.17, 15) is 14.7 Å². The van der Waals surface area contributed by atoms with Crippen molar-refractivity contribution in [1.82, 2.24) is 9.88 Å². The van der Waals surface area contributed by atoms with Crippen LogP contribution in [0.4, 0.5) is 11.4 Å². The van der Waals surface area contributed by atoms with Gasteiger partial charge in [0.1, 0.15) is 12.1 Å². The van der Waals surface area contributed by atoms with Crippen LogP contribution in [0.2, 0.25) is 0 Å². The molecule has 158 valence electrons. The van der Waals surface area contributed by atoms with Gasteiger partial charge in [0.25, 0.3) is 0 Å². The number of rotatable bonds is 6. The number of pyridine rings is 1. The zero-order valence-electron chi connectivity index (χ0n) is 17.0. The first-order valence-corrected chi connectivity index (χ1v) is 10.6. The van der Waals surface area contributed by atoms with E-state index in [4.69, 9.17) is 0 Å². The zero-order valence-corrected chi connectivity index (χ0v) is 17.0. The molecule has 0 bridgehead atoms. The molecule has 2 N–H and O–H groups in total. The topological polar surface area (TPSA) is 85.8 Å². The summed E-state index contributed by atoms with van der Waals surface area (Å²) in [6.07, 6.45) is 4.90. The summed E-state index contributed by atoms with van der Waals surface area (Å²) in [7, 11) is 0. The number of piperidine rings is 1. The molecule has 0 radical (unpaired) electrons. The van der Waals surface area contributed by atoms with E-state index in [0.717, 1.165) is 24.5 Å². The lowest BCUT2D eigenvalue weighted by molar-refractivity contribution is -0.132. The molecule has 2 aliphatic rings. The van der Waals surface area contributed by atoms with Gasteiger partial charge in [-0.05, 0) is 55.7 Å². The molecular weight excluding hydrogens is 380 g/mol. The lowest BCUT2D eigenvalue weighted by Gasteiger charge is -2.29. The van der Waals surface area contributed by atoms with Gasteiger partial charge >= 0.3 is 0 Å². The predicted octanol–water partition coefficient (Wildman–Crippen LogP) is 2.07. The molecule has 0 saturated carbocycles. The molecule has 2 aromatic rings. The molecule has 3 heterocycles. The molecule has 1 aromatic carbocycles. The third-order valence-electron chi connectivity index (χ3n) is 5.90. The minimum absolute atomic E-state index is 0.0694. The van der Waals surface area contributed by atoms with Gasteiger partial charge in [-0.2, -0.15) is 0 Å². The standard InChI is InChI=1S/C23H28N4O3/c28-20-16-27(15-11-17-6-2-3-12-24-17)23(30)21(20)22(29)25-18-7-9-19(10-8-18)26-13-4-1-5-14-26/h2-3,6-10,12,21,23,30H,1,4-5,11,13-16H2,(H,25,29). The van der Waals surface area contributed by atoms with E-state index in [1.807, 2.05) is 42.5 Å². The van der Waals surface area contributed by atoms with Gasteiger partial charge in [-0.15, -0.1) is 0 Å². The van der Waals surface area contributed by atoms with E-state index in [0.29, 0.717) is 18.7 Å². The largest absolute Gasteiger partial charge is 0.377 e. The second-order valence-electron chi connectivity index (χ2n) is 7.98. The number of carbonyl (C=O) groups is 2. The molecule has 0 aliphatic carbocycles. The Kier molecular flexibility index (Phi) is 6.40. The average molecular weight is 409 g/mol. The molecule has 2 unspecified atom stereocenters. The minimum atomic E-state index is -1.12. The number of likely N-dealkylation sites (tertiary alicyclic amines) is 1. The van der Waals surface area contributed by atoms with Crippen molar-refractivity contribution in [3.05, 3.63) is 54.4 Å². The molecule has 2 saturated heterocycles. The molecule has 0 spiro atoms. The molecule has 4 rings (SSSR count). The van der Waals surface area contributed by atoms with E-state index in [1.165, 1.54) is 19.3 Å². The molecule has 1 amide bonds. The molecule has 7 heteroatoms. The molecule has 1 aromatic heterocycles. The molecule has 2 atom stereocenters. The number of hydrogen-bond acceptors (Lipinski definition) is 6. The second kappa shape index (κ2) is 9.36. The highest BCUT2D eigenvalue weighted by Crippen LogP contribution is 2.24. The molecule has 2 aliphatic heterocycles. The second-order valence-corrected chi connectivity index (χ2v) is 7.98. The first-order chi connectivity index (χ1) is 14.6. The Labute approximate surface area is 176 Å². The van der Waals surface area contributed by atoms with Crippen LogP contribution < -0.4 is 10.2 Å². The summed E-state index contributed by atoms with van der Waals surface area (Å²) in [5.41, 5.74) is 2.66. The highest BCUT2D eigenvalue weighted by atomic mass is 16.3. The maximum Gasteiger partial charge on any atom is 0.239 e. The fourth-order valence-corrected chi connectivity index (χ4v) is 4.19. The lowest BCUT2D eigenvalue weighted by atomic mass is 10.1. The Bertz CT molecular complexity index is 866. The van der Waals surface area contributed by atoms with Crippen LogP contribution in [0.25, 0.3) is 0 Å². The van der Waals surface area contributed by atoms with Gasteiger partial charge in [0.2, 0.25) is 5.91 Å². The summed E-state index contributed by atoms with van der Waals surface area (Å²) >= 11 is 0. The fourth-order valence-electron chi connectivity index (χ4n) is 4.19. The molecular formula is C23H28N4O3. The van der Waals surface area contributed by atoms with Crippen molar-refractivity contribution in [3.63, 3.8) is 0 Å². The van der Waals surface area contributed by atoms with E-state index < -0.39 is 18.1 Å². The van der Waals surface area contributed by atoms with Gasteiger partial charge in [0, 0.05) is 49.3 Å². The number of benzene rings is 1. The SMILES string of the molecule is O=C1CN(CCc2ccccn2)C(O)C1C(=O)Nc1ccc(N2CCCCC2)cc1. The van der Waals surface area contributed by atoms with Gasteiger partial charge in [0.05, 0.1) is 6.54 Å². The van der Waals surface area contributed by atoms with Crippen molar-refractivity contribution in [2.45, 2.75) is 31.9 Å². The van der Waals surface area contributed by atoms with Crippen LogP contribution in [-0.4, -0.2) is 59.1 Å². The number of nitrogens with zero attached hydrogens (tertiary/aromatic N) is 3. The summed E-state index contributed by atoms with van der Waals surface area (Å²) < 4.78 is 0. The number of anilines is 2. The summed E-state index contributed by atoms with van der Waals surface area (Å²) in [4.78, 5) is 33.4. The Morgan fingerprint density at radius 1 is 1.10 bits per heavy atom. The number of carbonyl (C=O) groups excluding carboxylic acids is 2. The van der Waals surface area contributed by atoms with Gasteiger partial charge in [-0.1, -0.05) is 6.07 Å². The Morgan fingerprint density at radius 2 is 1.87 bits per heavy atom. The highest BCUT2D eigenvalue weighted by molar-refractivity contribution is 6.09. The zero-order chi connectivity index (χ0) is 20.9. The van der Waals surface area contributed by atoms with Crippen LogP contribution >= 0.6 is 0 Å². The van der Waals surface area contributed by atoms with E-state index in [1.54, 1.807) is 11.1 Å². The monoisotopic (exact) mass is 408 g/mol. The van der Waals surface area contributed by atoms with E-state index in [-0.39, 0.29) is 12.3 Å². The first-order valence-electron chi connectivity index (χ1n) is 10.6. The van der Waals surface area contributed by atoms with Crippen LogP contribution in [0.5, 0.6) is 0 Å². The van der Waals surface area contributed by atoms with E-state index in [2.05, 4.69) is 15.2 Å². The van der Waals surface area contributed by atoms with Crippen molar-refractivity contribution in [2.75, 3.05) is 36.4 Å².